The quantitative estimate of drug-likeness (QED) is 0.581. The minimum Gasteiger partial charge on any atom is -0.479 e. The number of rotatable bonds is 7. The Kier molecular flexibility index (Phi) is 6.08. The third kappa shape index (κ3) is 5.91. The molecule has 1 aromatic carbocycles. The van der Waals surface area contributed by atoms with Gasteiger partial charge in [0.2, 0.25) is 0 Å². The maximum Gasteiger partial charge on any atom is 0.174 e. The molecule has 1 N–H and O–H groups in total. The molecule has 0 heterocycles. The zero-order valence-electron chi connectivity index (χ0n) is 10.3. The number of hydrogen-bond acceptors (Lipinski definition) is 4. The van der Waals surface area contributed by atoms with Crippen LogP contribution in [0.5, 0.6) is 5.75 Å². The van der Waals surface area contributed by atoms with Crippen molar-refractivity contribution in [2.24, 2.45) is 5.92 Å². The van der Waals surface area contributed by atoms with Crippen LogP contribution in [-0.4, -0.2) is 13.2 Å². The van der Waals surface area contributed by atoms with Crippen molar-refractivity contribution >= 4 is 0 Å². The fraction of sp³-hybridized carbons (Fsp3) is 0.462. The van der Waals surface area contributed by atoms with Gasteiger partial charge in [-0.25, -0.2) is 0 Å². The van der Waals surface area contributed by atoms with E-state index in [0.717, 1.165) is 5.56 Å². The molecule has 0 saturated carbocycles. The van der Waals surface area contributed by atoms with Gasteiger partial charge in [-0.1, -0.05) is 26.0 Å². The monoisotopic (exact) mass is 234 g/mol. The summed E-state index contributed by atoms with van der Waals surface area (Å²) in [4.78, 5) is 5.27. The lowest BCUT2D eigenvalue weighted by Crippen LogP contribution is -2.17. The van der Waals surface area contributed by atoms with Crippen LogP contribution in [0.15, 0.2) is 24.3 Å². The second kappa shape index (κ2) is 7.66. The van der Waals surface area contributed by atoms with E-state index in [-0.39, 0.29) is 6.61 Å². The summed E-state index contributed by atoms with van der Waals surface area (Å²) in [5, 5.41) is 8.37. The predicted octanol–water partition coefficient (Wildman–Crippen LogP) is 2.27. The number of nitriles is 1. The first-order valence-corrected chi connectivity index (χ1v) is 5.65. The van der Waals surface area contributed by atoms with Crippen molar-refractivity contribution in [3.63, 3.8) is 0 Å². The first kappa shape index (κ1) is 13.5. The van der Waals surface area contributed by atoms with Crippen LogP contribution in [0.4, 0.5) is 0 Å². The molecule has 0 unspecified atom stereocenters. The van der Waals surface area contributed by atoms with Gasteiger partial charge in [0.15, 0.2) is 6.61 Å². The molecule has 92 valence electrons. The minimum absolute atomic E-state index is 0.0785. The molecule has 1 aromatic rings. The highest BCUT2D eigenvalue weighted by molar-refractivity contribution is 5.27. The highest BCUT2D eigenvalue weighted by atomic mass is 16.6. The van der Waals surface area contributed by atoms with Crippen LogP contribution in [-0.2, 0) is 11.4 Å². The van der Waals surface area contributed by atoms with Gasteiger partial charge in [0.25, 0.3) is 0 Å². The van der Waals surface area contributed by atoms with Crippen molar-refractivity contribution in [1.29, 1.82) is 5.26 Å². The van der Waals surface area contributed by atoms with Crippen LogP contribution in [0.3, 0.4) is 0 Å². The molecule has 0 bridgehead atoms. The van der Waals surface area contributed by atoms with E-state index in [1.54, 1.807) is 0 Å². The van der Waals surface area contributed by atoms with E-state index >= 15 is 0 Å². The highest BCUT2D eigenvalue weighted by Gasteiger charge is 1.97. The molecule has 1 rings (SSSR count). The van der Waals surface area contributed by atoms with Crippen molar-refractivity contribution in [2.75, 3.05) is 13.2 Å². The van der Waals surface area contributed by atoms with Gasteiger partial charge in [-0.3, -0.25) is 0 Å². The topological polar surface area (TPSA) is 54.3 Å². The lowest BCUT2D eigenvalue weighted by atomic mass is 10.2. The van der Waals surface area contributed by atoms with Crippen molar-refractivity contribution in [2.45, 2.75) is 20.4 Å². The molecule has 4 nitrogen and oxygen atoms in total. The molecule has 0 radical (unpaired) electrons. The van der Waals surface area contributed by atoms with Crippen molar-refractivity contribution in [3.05, 3.63) is 29.8 Å². The van der Waals surface area contributed by atoms with E-state index < -0.39 is 0 Å². The van der Waals surface area contributed by atoms with Gasteiger partial charge in [-0.05, 0) is 23.6 Å². The average molecular weight is 234 g/mol. The van der Waals surface area contributed by atoms with Crippen LogP contribution in [0.25, 0.3) is 0 Å². The van der Waals surface area contributed by atoms with E-state index in [2.05, 4.69) is 19.3 Å². The third-order valence-corrected chi connectivity index (χ3v) is 2.02. The number of ether oxygens (including phenoxy) is 1. The first-order chi connectivity index (χ1) is 8.22. The average Bonchev–Trinajstić information content (AvgIpc) is 2.33. The van der Waals surface area contributed by atoms with Gasteiger partial charge in [0.05, 0.1) is 6.61 Å². The molecule has 0 saturated heterocycles. The second-order valence-electron chi connectivity index (χ2n) is 4.12. The molecule has 0 atom stereocenters. The van der Waals surface area contributed by atoms with E-state index in [9.17, 15) is 0 Å². The molecule has 0 aliphatic rings. The summed E-state index contributed by atoms with van der Waals surface area (Å²) in [6.07, 6.45) is 0. The molecular weight excluding hydrogens is 216 g/mol. The molecule has 0 aliphatic carbocycles. The molecule has 0 aliphatic heterocycles. The van der Waals surface area contributed by atoms with Gasteiger partial charge in [-0.15, -0.1) is 0 Å². The fourth-order valence-corrected chi connectivity index (χ4v) is 1.18. The maximum atomic E-state index is 8.37. The molecule has 0 amide bonds. The second-order valence-corrected chi connectivity index (χ2v) is 4.12. The maximum absolute atomic E-state index is 8.37. The summed E-state index contributed by atoms with van der Waals surface area (Å²) >= 11 is 0. The summed E-state index contributed by atoms with van der Waals surface area (Å²) in [6, 6.07) is 9.50. The van der Waals surface area contributed by atoms with Crippen LogP contribution >= 0.6 is 0 Å². The SMILES string of the molecule is CC(C)CONCc1ccc(OCC#N)cc1. The number of hydrogen-bond donors (Lipinski definition) is 1. The fourth-order valence-electron chi connectivity index (χ4n) is 1.18. The zero-order chi connectivity index (χ0) is 12.5. The van der Waals surface area contributed by atoms with Gasteiger partial charge < -0.3 is 9.57 Å². The van der Waals surface area contributed by atoms with Crippen LogP contribution < -0.4 is 10.2 Å². The third-order valence-electron chi connectivity index (χ3n) is 2.02. The van der Waals surface area contributed by atoms with E-state index in [4.69, 9.17) is 14.8 Å². The molecule has 17 heavy (non-hydrogen) atoms. The Labute approximate surface area is 102 Å². The standard InChI is InChI=1S/C13H18N2O2/c1-11(2)10-17-15-9-12-3-5-13(6-4-12)16-8-7-14/h3-6,11,15H,8-10H2,1-2H3. The smallest absolute Gasteiger partial charge is 0.174 e. The number of hydroxylamine groups is 1. The van der Waals surface area contributed by atoms with Crippen molar-refractivity contribution in [3.8, 4) is 11.8 Å². The Morgan fingerprint density at radius 3 is 2.59 bits per heavy atom. The van der Waals surface area contributed by atoms with E-state index in [0.29, 0.717) is 24.8 Å². The highest BCUT2D eigenvalue weighted by Crippen LogP contribution is 2.11. The Bertz CT molecular complexity index is 355. The van der Waals surface area contributed by atoms with E-state index in [1.807, 2.05) is 30.3 Å². The van der Waals surface area contributed by atoms with Crippen LogP contribution in [0.2, 0.25) is 0 Å². The molecule has 0 fully saturated rings. The molecule has 0 aromatic heterocycles. The number of benzene rings is 1. The van der Waals surface area contributed by atoms with Crippen molar-refractivity contribution in [1.82, 2.24) is 5.48 Å². The Hall–Kier alpha value is -1.57. The summed E-state index contributed by atoms with van der Waals surface area (Å²) in [5.41, 5.74) is 4.01. The summed E-state index contributed by atoms with van der Waals surface area (Å²) in [7, 11) is 0. The van der Waals surface area contributed by atoms with Gasteiger partial charge in [-0.2, -0.15) is 10.7 Å². The number of nitrogens with one attached hydrogen (secondary N) is 1. The van der Waals surface area contributed by atoms with Gasteiger partial charge >= 0.3 is 0 Å². The largest absolute Gasteiger partial charge is 0.479 e. The van der Waals surface area contributed by atoms with Crippen molar-refractivity contribution < 1.29 is 9.57 Å². The zero-order valence-corrected chi connectivity index (χ0v) is 10.3. The molecule has 0 spiro atoms. The predicted molar refractivity (Wildman–Crippen MR) is 65.2 cm³/mol. The Morgan fingerprint density at radius 2 is 2.00 bits per heavy atom. The van der Waals surface area contributed by atoms with Crippen LogP contribution in [0.1, 0.15) is 19.4 Å². The lowest BCUT2D eigenvalue weighted by Gasteiger charge is -2.08. The van der Waals surface area contributed by atoms with Gasteiger partial charge in [0, 0.05) is 6.54 Å². The van der Waals surface area contributed by atoms with Gasteiger partial charge in [0.1, 0.15) is 11.8 Å². The molecule has 4 heteroatoms. The first-order valence-electron chi connectivity index (χ1n) is 5.65. The Balaban J connectivity index is 2.28. The summed E-state index contributed by atoms with van der Waals surface area (Å²) in [5.74, 6) is 1.22. The molecular formula is C13H18N2O2. The lowest BCUT2D eigenvalue weighted by molar-refractivity contribution is 0.0196. The van der Waals surface area contributed by atoms with E-state index in [1.165, 1.54) is 0 Å². The summed E-state index contributed by atoms with van der Waals surface area (Å²) in [6.45, 7) is 5.63. The number of nitrogens with zero attached hydrogens (tertiary/aromatic N) is 1. The van der Waals surface area contributed by atoms with Crippen LogP contribution in [0, 0.1) is 17.2 Å². The summed E-state index contributed by atoms with van der Waals surface area (Å²) < 4.78 is 5.15. The Morgan fingerprint density at radius 1 is 1.29 bits per heavy atom. The normalized spacial score (nSPS) is 10.2. The minimum atomic E-state index is 0.0785.